The molecule has 0 bridgehead atoms. The summed E-state index contributed by atoms with van der Waals surface area (Å²) in [4.78, 5) is 13.9. The monoisotopic (exact) mass is 336 g/mol. The van der Waals surface area contributed by atoms with Gasteiger partial charge in [-0.05, 0) is 31.5 Å². The minimum Gasteiger partial charge on any atom is -0.342 e. The van der Waals surface area contributed by atoms with Crippen LogP contribution in [0.2, 0.25) is 0 Å². The Morgan fingerprint density at radius 2 is 1.95 bits per heavy atom. The Morgan fingerprint density at radius 1 is 1.32 bits per heavy atom. The molecule has 0 unspecified atom stereocenters. The molecule has 0 radical (unpaired) electrons. The number of piperidine rings is 1. The number of benzene rings is 1. The van der Waals surface area contributed by atoms with Crippen LogP contribution >= 0.6 is 12.4 Å². The maximum atomic E-state index is 12.6. The molecule has 0 aromatic heterocycles. The molecule has 1 fully saturated rings. The van der Waals surface area contributed by atoms with Crippen LogP contribution in [0.15, 0.2) is 24.3 Å². The first-order chi connectivity index (χ1) is 9.90. The lowest BCUT2D eigenvalue weighted by atomic mass is 10.0. The first kappa shape index (κ1) is 18.8. The number of hydrogen-bond donors (Lipinski definition) is 1. The third-order valence-electron chi connectivity index (χ3n) is 3.87. The van der Waals surface area contributed by atoms with Gasteiger partial charge in [-0.15, -0.1) is 12.4 Å². The molecule has 1 aliphatic heterocycles. The lowest BCUT2D eigenvalue weighted by Crippen LogP contribution is -2.44. The van der Waals surface area contributed by atoms with Crippen molar-refractivity contribution in [2.45, 2.75) is 31.5 Å². The van der Waals surface area contributed by atoms with Crippen LogP contribution in [0.4, 0.5) is 13.2 Å². The Morgan fingerprint density at radius 3 is 2.50 bits per heavy atom. The SMILES string of the molecule is CNC1CCN(C(=O)Cc2cccc(C(F)(F)F)c2)CC1.Cl. The van der Waals surface area contributed by atoms with Crippen LogP contribution in [0.3, 0.4) is 0 Å². The van der Waals surface area contributed by atoms with E-state index in [0.29, 0.717) is 24.7 Å². The highest BCUT2D eigenvalue weighted by molar-refractivity contribution is 5.85. The number of halogens is 4. The average molecular weight is 337 g/mol. The van der Waals surface area contributed by atoms with Gasteiger partial charge in [0.25, 0.3) is 0 Å². The number of nitrogens with zero attached hydrogens (tertiary/aromatic N) is 1. The maximum absolute atomic E-state index is 12.6. The van der Waals surface area contributed by atoms with E-state index >= 15 is 0 Å². The second-order valence-electron chi connectivity index (χ2n) is 5.32. The van der Waals surface area contributed by atoms with Crippen LogP contribution in [0.25, 0.3) is 0 Å². The van der Waals surface area contributed by atoms with E-state index < -0.39 is 11.7 Å². The first-order valence-corrected chi connectivity index (χ1v) is 7.01. The van der Waals surface area contributed by atoms with Gasteiger partial charge in [-0.2, -0.15) is 13.2 Å². The van der Waals surface area contributed by atoms with Gasteiger partial charge in [0, 0.05) is 19.1 Å². The molecule has 0 spiro atoms. The van der Waals surface area contributed by atoms with Crippen molar-refractivity contribution in [2.75, 3.05) is 20.1 Å². The minimum absolute atomic E-state index is 0. The van der Waals surface area contributed by atoms with Crippen molar-refractivity contribution in [3.8, 4) is 0 Å². The van der Waals surface area contributed by atoms with Gasteiger partial charge in [0.1, 0.15) is 0 Å². The molecule has 0 aliphatic carbocycles. The summed E-state index contributed by atoms with van der Waals surface area (Å²) in [6, 6.07) is 5.40. The van der Waals surface area contributed by atoms with Crippen LogP contribution in [-0.4, -0.2) is 37.0 Å². The normalized spacial score (nSPS) is 16.3. The topological polar surface area (TPSA) is 32.3 Å². The molecule has 1 amide bonds. The Bertz CT molecular complexity index is 500. The number of nitrogens with one attached hydrogen (secondary N) is 1. The number of amides is 1. The van der Waals surface area contributed by atoms with Gasteiger partial charge >= 0.3 is 6.18 Å². The summed E-state index contributed by atoms with van der Waals surface area (Å²) in [5.41, 5.74) is -0.299. The van der Waals surface area contributed by atoms with Crippen molar-refractivity contribution in [1.29, 1.82) is 0 Å². The number of carbonyl (C=O) groups is 1. The predicted molar refractivity (Wildman–Crippen MR) is 81.1 cm³/mol. The molecule has 1 aromatic rings. The summed E-state index contributed by atoms with van der Waals surface area (Å²) in [5.74, 6) is -0.108. The van der Waals surface area contributed by atoms with Gasteiger partial charge in [-0.1, -0.05) is 18.2 Å². The largest absolute Gasteiger partial charge is 0.416 e. The van der Waals surface area contributed by atoms with E-state index in [4.69, 9.17) is 0 Å². The summed E-state index contributed by atoms with van der Waals surface area (Å²) in [6.07, 6.45) is -2.59. The van der Waals surface area contributed by atoms with Crippen molar-refractivity contribution >= 4 is 18.3 Å². The summed E-state index contributed by atoms with van der Waals surface area (Å²) in [7, 11) is 1.89. The van der Waals surface area contributed by atoms with Crippen molar-refractivity contribution in [3.63, 3.8) is 0 Å². The van der Waals surface area contributed by atoms with Crippen LogP contribution < -0.4 is 5.32 Å². The molecular formula is C15H20ClF3N2O. The molecule has 0 atom stereocenters. The van der Waals surface area contributed by atoms with Crippen molar-refractivity contribution in [2.24, 2.45) is 0 Å². The van der Waals surface area contributed by atoms with Crippen molar-refractivity contribution in [3.05, 3.63) is 35.4 Å². The van der Waals surface area contributed by atoms with Gasteiger partial charge in [0.05, 0.1) is 12.0 Å². The number of carbonyl (C=O) groups excluding carboxylic acids is 1. The van der Waals surface area contributed by atoms with E-state index in [0.717, 1.165) is 25.0 Å². The molecule has 1 N–H and O–H groups in total. The van der Waals surface area contributed by atoms with E-state index in [1.807, 2.05) is 7.05 Å². The number of alkyl halides is 3. The van der Waals surface area contributed by atoms with Crippen LogP contribution in [0.5, 0.6) is 0 Å². The highest BCUT2D eigenvalue weighted by Gasteiger charge is 2.30. The van der Waals surface area contributed by atoms with Crippen LogP contribution in [0, 0.1) is 0 Å². The van der Waals surface area contributed by atoms with Gasteiger partial charge < -0.3 is 10.2 Å². The molecule has 7 heteroatoms. The zero-order chi connectivity index (χ0) is 15.5. The second kappa shape index (κ2) is 7.83. The molecule has 1 aromatic carbocycles. The zero-order valence-electron chi connectivity index (χ0n) is 12.3. The Balaban J connectivity index is 0.00000242. The number of likely N-dealkylation sites (tertiary alicyclic amines) is 1. The molecule has 1 aliphatic rings. The van der Waals surface area contributed by atoms with E-state index in [9.17, 15) is 18.0 Å². The van der Waals surface area contributed by atoms with Crippen LogP contribution in [0.1, 0.15) is 24.0 Å². The van der Waals surface area contributed by atoms with Gasteiger partial charge in [-0.3, -0.25) is 4.79 Å². The highest BCUT2D eigenvalue weighted by atomic mass is 35.5. The second-order valence-corrected chi connectivity index (χ2v) is 5.32. The van der Waals surface area contributed by atoms with E-state index in [2.05, 4.69) is 5.32 Å². The van der Waals surface area contributed by atoms with E-state index in [1.54, 1.807) is 11.0 Å². The molecule has 124 valence electrons. The van der Waals surface area contributed by atoms with E-state index in [1.165, 1.54) is 6.07 Å². The zero-order valence-corrected chi connectivity index (χ0v) is 13.1. The fraction of sp³-hybridized carbons (Fsp3) is 0.533. The standard InChI is InChI=1S/C15H19F3N2O.ClH/c1-19-13-5-7-20(8-6-13)14(21)10-11-3-2-4-12(9-11)15(16,17)18;/h2-4,9,13,19H,5-8,10H2,1H3;1H. The Kier molecular flexibility index (Phi) is 6.68. The molecule has 1 heterocycles. The summed E-state index contributed by atoms with van der Waals surface area (Å²) >= 11 is 0. The Hall–Kier alpha value is -1.27. The maximum Gasteiger partial charge on any atom is 0.416 e. The van der Waals surface area contributed by atoms with Gasteiger partial charge in [-0.25, -0.2) is 0 Å². The molecule has 0 saturated carbocycles. The fourth-order valence-electron chi connectivity index (χ4n) is 2.56. The lowest BCUT2D eigenvalue weighted by molar-refractivity contribution is -0.138. The smallest absolute Gasteiger partial charge is 0.342 e. The quantitative estimate of drug-likeness (QED) is 0.920. The van der Waals surface area contributed by atoms with E-state index in [-0.39, 0.29) is 24.7 Å². The van der Waals surface area contributed by atoms with Crippen molar-refractivity contribution in [1.82, 2.24) is 10.2 Å². The van der Waals surface area contributed by atoms with Crippen LogP contribution in [-0.2, 0) is 17.4 Å². The fourth-order valence-corrected chi connectivity index (χ4v) is 2.56. The highest BCUT2D eigenvalue weighted by Crippen LogP contribution is 2.29. The third-order valence-corrected chi connectivity index (χ3v) is 3.87. The summed E-state index contributed by atoms with van der Waals surface area (Å²) in [5, 5.41) is 3.17. The molecule has 22 heavy (non-hydrogen) atoms. The lowest BCUT2D eigenvalue weighted by Gasteiger charge is -2.32. The van der Waals surface area contributed by atoms with Gasteiger partial charge in [0.15, 0.2) is 0 Å². The van der Waals surface area contributed by atoms with Crippen molar-refractivity contribution < 1.29 is 18.0 Å². The first-order valence-electron chi connectivity index (χ1n) is 7.01. The molecular weight excluding hydrogens is 317 g/mol. The molecule has 1 saturated heterocycles. The molecule has 3 nitrogen and oxygen atoms in total. The van der Waals surface area contributed by atoms with Gasteiger partial charge in [0.2, 0.25) is 5.91 Å². The summed E-state index contributed by atoms with van der Waals surface area (Å²) < 4.78 is 37.9. The number of rotatable bonds is 3. The number of hydrogen-bond acceptors (Lipinski definition) is 2. The predicted octanol–water partition coefficient (Wildman–Crippen LogP) is 2.88. The third kappa shape index (κ3) is 4.88. The summed E-state index contributed by atoms with van der Waals surface area (Å²) in [6.45, 7) is 1.31. The Labute approximate surface area is 134 Å². The molecule has 2 rings (SSSR count). The minimum atomic E-state index is -4.37. The average Bonchev–Trinajstić information content (AvgIpc) is 2.47.